The predicted octanol–water partition coefficient (Wildman–Crippen LogP) is 3.64. The van der Waals surface area contributed by atoms with E-state index in [9.17, 15) is 9.90 Å². The summed E-state index contributed by atoms with van der Waals surface area (Å²) in [6.45, 7) is 7.05. The number of carboxylic acids is 1. The second-order valence-electron chi connectivity index (χ2n) is 9.53. The van der Waals surface area contributed by atoms with Gasteiger partial charge in [0.1, 0.15) is 23.6 Å². The van der Waals surface area contributed by atoms with Crippen molar-refractivity contribution < 1.29 is 19.4 Å². The highest BCUT2D eigenvalue weighted by atomic mass is 16.5. The summed E-state index contributed by atoms with van der Waals surface area (Å²) < 4.78 is 13.5. The summed E-state index contributed by atoms with van der Waals surface area (Å²) >= 11 is 0. The number of hydrogen-bond acceptors (Lipinski definition) is 9. The summed E-state index contributed by atoms with van der Waals surface area (Å²) in [6.07, 6.45) is 4.26. The van der Waals surface area contributed by atoms with Crippen LogP contribution in [0.2, 0.25) is 0 Å². The lowest BCUT2D eigenvalue weighted by Crippen LogP contribution is -2.29. The normalized spacial score (nSPS) is 17.7. The van der Waals surface area contributed by atoms with Crippen molar-refractivity contribution in [3.63, 3.8) is 0 Å². The summed E-state index contributed by atoms with van der Waals surface area (Å²) in [5, 5.41) is 21.1. The van der Waals surface area contributed by atoms with Crippen LogP contribution in [0.1, 0.15) is 50.9 Å². The zero-order chi connectivity index (χ0) is 25.7. The van der Waals surface area contributed by atoms with E-state index in [1.54, 1.807) is 10.7 Å². The molecule has 3 aromatic rings. The van der Waals surface area contributed by atoms with Crippen molar-refractivity contribution in [2.24, 2.45) is 18.9 Å². The summed E-state index contributed by atoms with van der Waals surface area (Å²) in [4.78, 5) is 24.5. The van der Waals surface area contributed by atoms with Crippen LogP contribution < -0.4 is 14.8 Å². The lowest BCUT2D eigenvalue weighted by molar-refractivity contribution is -0.143. The Kier molecular flexibility index (Phi) is 7.97. The number of rotatable bonds is 10. The number of aryl methyl sites for hydroxylation is 2. The number of pyridine rings is 1. The molecule has 1 fully saturated rings. The number of anilines is 1. The molecule has 3 aromatic heterocycles. The Hall–Kier alpha value is -3.76. The van der Waals surface area contributed by atoms with E-state index in [4.69, 9.17) is 14.5 Å². The quantitative estimate of drug-likeness (QED) is 0.429. The second kappa shape index (κ2) is 11.3. The highest BCUT2D eigenvalue weighted by molar-refractivity contribution is 5.70. The fourth-order valence-electron chi connectivity index (χ4n) is 4.18. The Bertz CT molecular complexity index is 1200. The first-order valence-corrected chi connectivity index (χ1v) is 12.2. The topological polar surface area (TPSA) is 137 Å². The highest BCUT2D eigenvalue weighted by Crippen LogP contribution is 2.30. The average Bonchev–Trinajstić information content (AvgIpc) is 3.23. The maximum absolute atomic E-state index is 11.4. The molecule has 0 spiro atoms. The molecule has 3 heterocycles. The molecule has 2 atom stereocenters. The third-order valence-corrected chi connectivity index (χ3v) is 6.14. The molecule has 1 aliphatic carbocycles. The average molecular weight is 496 g/mol. The molecule has 0 saturated heterocycles. The zero-order valence-corrected chi connectivity index (χ0v) is 21.1. The minimum atomic E-state index is -0.751. The van der Waals surface area contributed by atoms with E-state index in [0.29, 0.717) is 60.7 Å². The largest absolute Gasteiger partial charge is 0.489 e. The van der Waals surface area contributed by atoms with Gasteiger partial charge in [-0.25, -0.2) is 19.6 Å². The standard InChI is InChI=1S/C25H33N7O4/c1-15(2)13-35-23-11-22(27-14-28-23)26-12-20-24(30-31-32(20)4)19-8-9-21(16(3)29-19)36-18-7-5-6-17(10-18)25(33)34/h8-9,11,14-15,17-18H,5-7,10,12-13H2,1-4H3,(H,33,34)(H,26,27,28)/t17-,18-/m0/s1. The number of aliphatic carboxylic acids is 1. The van der Waals surface area contributed by atoms with Crippen LogP contribution in [-0.2, 0) is 18.4 Å². The molecule has 4 rings (SSSR count). The third kappa shape index (κ3) is 6.27. The molecule has 0 unspecified atom stereocenters. The molecule has 0 bridgehead atoms. The molecule has 0 radical (unpaired) electrons. The number of ether oxygens (including phenoxy) is 2. The van der Waals surface area contributed by atoms with Crippen LogP contribution in [0.3, 0.4) is 0 Å². The number of carboxylic acid groups (broad SMARTS) is 1. The van der Waals surface area contributed by atoms with Gasteiger partial charge in [0.15, 0.2) is 0 Å². The van der Waals surface area contributed by atoms with Crippen molar-refractivity contribution >= 4 is 11.8 Å². The molecule has 192 valence electrons. The second-order valence-corrected chi connectivity index (χ2v) is 9.53. The highest BCUT2D eigenvalue weighted by Gasteiger charge is 2.28. The van der Waals surface area contributed by atoms with Crippen LogP contribution in [0, 0.1) is 18.8 Å². The van der Waals surface area contributed by atoms with Crippen LogP contribution in [0.15, 0.2) is 24.5 Å². The van der Waals surface area contributed by atoms with E-state index in [1.807, 2.05) is 26.1 Å². The Balaban J connectivity index is 1.44. The lowest BCUT2D eigenvalue weighted by Gasteiger charge is -2.27. The van der Waals surface area contributed by atoms with E-state index in [-0.39, 0.29) is 12.0 Å². The number of aromatic nitrogens is 6. The van der Waals surface area contributed by atoms with Crippen LogP contribution in [-0.4, -0.2) is 53.7 Å². The van der Waals surface area contributed by atoms with Crippen molar-refractivity contribution in [3.05, 3.63) is 35.9 Å². The third-order valence-electron chi connectivity index (χ3n) is 6.14. The Morgan fingerprint density at radius 3 is 2.86 bits per heavy atom. The van der Waals surface area contributed by atoms with E-state index in [1.165, 1.54) is 6.33 Å². The minimum absolute atomic E-state index is 0.121. The molecule has 1 saturated carbocycles. The zero-order valence-electron chi connectivity index (χ0n) is 21.1. The summed E-state index contributed by atoms with van der Waals surface area (Å²) in [7, 11) is 1.83. The molecule has 0 aromatic carbocycles. The van der Waals surface area contributed by atoms with Crippen LogP contribution in [0.4, 0.5) is 5.82 Å². The first kappa shape index (κ1) is 25.3. The van der Waals surface area contributed by atoms with Crippen molar-refractivity contribution in [2.45, 2.75) is 59.1 Å². The van der Waals surface area contributed by atoms with Crippen LogP contribution in [0.25, 0.3) is 11.4 Å². The maximum Gasteiger partial charge on any atom is 0.306 e. The molecule has 1 aliphatic rings. The van der Waals surface area contributed by atoms with Gasteiger partial charge in [0.25, 0.3) is 0 Å². The monoisotopic (exact) mass is 495 g/mol. The van der Waals surface area contributed by atoms with Crippen molar-refractivity contribution in [1.29, 1.82) is 0 Å². The number of hydrogen-bond donors (Lipinski definition) is 2. The Morgan fingerprint density at radius 2 is 2.11 bits per heavy atom. The summed E-state index contributed by atoms with van der Waals surface area (Å²) in [6, 6.07) is 5.49. The molecule has 0 amide bonds. The fourth-order valence-corrected chi connectivity index (χ4v) is 4.18. The minimum Gasteiger partial charge on any atom is -0.489 e. The van der Waals surface area contributed by atoms with Gasteiger partial charge in [0.2, 0.25) is 5.88 Å². The van der Waals surface area contributed by atoms with Crippen molar-refractivity contribution in [1.82, 2.24) is 29.9 Å². The van der Waals surface area contributed by atoms with Gasteiger partial charge < -0.3 is 19.9 Å². The van der Waals surface area contributed by atoms with Gasteiger partial charge in [-0.15, -0.1) is 5.10 Å². The molecule has 11 heteroatoms. The molecule has 11 nitrogen and oxygen atoms in total. The van der Waals surface area contributed by atoms with Crippen molar-refractivity contribution in [2.75, 3.05) is 11.9 Å². The summed E-state index contributed by atoms with van der Waals surface area (Å²) in [5.41, 5.74) is 2.90. The van der Waals surface area contributed by atoms with E-state index >= 15 is 0 Å². The van der Waals surface area contributed by atoms with Gasteiger partial charge in [0.05, 0.1) is 42.3 Å². The van der Waals surface area contributed by atoms with Gasteiger partial charge in [-0.1, -0.05) is 19.1 Å². The lowest BCUT2D eigenvalue weighted by atomic mass is 9.87. The molecular formula is C25H33N7O4. The number of nitrogens with zero attached hydrogens (tertiary/aromatic N) is 6. The van der Waals surface area contributed by atoms with Gasteiger partial charge >= 0.3 is 5.97 Å². The van der Waals surface area contributed by atoms with Gasteiger partial charge in [0, 0.05) is 13.1 Å². The van der Waals surface area contributed by atoms with Crippen molar-refractivity contribution in [3.8, 4) is 23.0 Å². The van der Waals surface area contributed by atoms with Crippen LogP contribution in [0.5, 0.6) is 11.6 Å². The predicted molar refractivity (Wildman–Crippen MR) is 133 cm³/mol. The SMILES string of the molecule is Cc1nc(-c2nnn(C)c2CNc2cc(OCC(C)C)ncn2)ccc1O[C@H]1CCC[C@H](C(=O)O)C1. The Morgan fingerprint density at radius 1 is 1.28 bits per heavy atom. The summed E-state index contributed by atoms with van der Waals surface area (Å²) in [5.74, 6) is 1.11. The molecule has 0 aliphatic heterocycles. The number of nitrogens with one attached hydrogen (secondary N) is 1. The van der Waals surface area contributed by atoms with E-state index in [2.05, 4.69) is 39.4 Å². The first-order valence-electron chi connectivity index (χ1n) is 12.2. The van der Waals surface area contributed by atoms with Gasteiger partial charge in [-0.3, -0.25) is 4.79 Å². The van der Waals surface area contributed by atoms with E-state index in [0.717, 1.165) is 24.2 Å². The Labute approximate surface area is 210 Å². The van der Waals surface area contributed by atoms with Gasteiger partial charge in [-0.2, -0.15) is 0 Å². The van der Waals surface area contributed by atoms with E-state index < -0.39 is 5.97 Å². The first-order chi connectivity index (χ1) is 17.3. The maximum atomic E-state index is 11.4. The van der Waals surface area contributed by atoms with Gasteiger partial charge in [-0.05, 0) is 50.7 Å². The molecular weight excluding hydrogens is 462 g/mol. The smallest absolute Gasteiger partial charge is 0.306 e. The molecule has 36 heavy (non-hydrogen) atoms. The number of carbonyl (C=O) groups is 1. The molecule has 2 N–H and O–H groups in total. The fraction of sp³-hybridized carbons (Fsp3) is 0.520. The van der Waals surface area contributed by atoms with Crippen LogP contribution >= 0.6 is 0 Å².